The van der Waals surface area contributed by atoms with Crippen molar-refractivity contribution in [3.05, 3.63) is 29.6 Å². The van der Waals surface area contributed by atoms with Gasteiger partial charge in [0.25, 0.3) is 0 Å². The largest absolute Gasteiger partial charge is 0.508 e. The van der Waals surface area contributed by atoms with Crippen molar-refractivity contribution in [1.29, 1.82) is 0 Å². The molecule has 0 aromatic heterocycles. The fourth-order valence-corrected chi connectivity index (χ4v) is 2.13. The molecule has 1 aromatic rings. The number of nitrogens with one attached hydrogen (secondary N) is 1. The number of phenols is 1. The highest BCUT2D eigenvalue weighted by Crippen LogP contribution is 2.24. The molecule has 0 amide bonds. The molecular formula is C12H18FNO2S. The van der Waals surface area contributed by atoms with Crippen LogP contribution in [0.1, 0.15) is 24.9 Å². The summed E-state index contributed by atoms with van der Waals surface area (Å²) in [5.41, 5.74) is 0.544. The molecule has 0 saturated heterocycles. The minimum atomic E-state index is -0.782. The Hall–Kier alpha value is -0.940. The molecule has 0 radical (unpaired) electrons. The van der Waals surface area contributed by atoms with Gasteiger partial charge in [-0.05, 0) is 38.1 Å². The van der Waals surface area contributed by atoms with E-state index in [0.29, 0.717) is 17.9 Å². The van der Waals surface area contributed by atoms with E-state index in [0.717, 1.165) is 6.42 Å². The summed E-state index contributed by atoms with van der Waals surface area (Å²) in [5, 5.41) is 12.8. The summed E-state index contributed by atoms with van der Waals surface area (Å²) >= 11 is 0. The summed E-state index contributed by atoms with van der Waals surface area (Å²) in [7, 11) is -0.782. The third kappa shape index (κ3) is 4.83. The first kappa shape index (κ1) is 14.1. The van der Waals surface area contributed by atoms with Gasteiger partial charge < -0.3 is 10.4 Å². The molecule has 17 heavy (non-hydrogen) atoms. The van der Waals surface area contributed by atoms with Gasteiger partial charge in [0, 0.05) is 34.4 Å². The molecule has 2 atom stereocenters. The van der Waals surface area contributed by atoms with Crippen molar-refractivity contribution in [2.75, 3.05) is 18.6 Å². The monoisotopic (exact) mass is 259 g/mol. The lowest BCUT2D eigenvalue weighted by molar-refractivity contribution is 0.449. The van der Waals surface area contributed by atoms with Crippen LogP contribution in [0.2, 0.25) is 0 Å². The standard InChI is InChI=1S/C12H18FNO2S/c1-9(14-6-3-7-17(2)16)11-8-10(13)4-5-12(11)15/h4-5,8-9,14-15H,3,6-7H2,1-2H3. The molecule has 2 N–H and O–H groups in total. The van der Waals surface area contributed by atoms with E-state index in [1.54, 1.807) is 6.26 Å². The zero-order valence-corrected chi connectivity index (χ0v) is 10.9. The Balaban J connectivity index is 2.49. The van der Waals surface area contributed by atoms with Crippen LogP contribution in [0, 0.1) is 5.82 Å². The third-order valence-electron chi connectivity index (χ3n) is 2.52. The lowest BCUT2D eigenvalue weighted by Gasteiger charge is -2.15. The topological polar surface area (TPSA) is 49.3 Å². The SMILES string of the molecule is CC(NCCCS(C)=O)c1cc(F)ccc1O. The van der Waals surface area contributed by atoms with Crippen LogP contribution in [-0.4, -0.2) is 27.9 Å². The van der Waals surface area contributed by atoms with Crippen LogP contribution in [0.25, 0.3) is 0 Å². The van der Waals surface area contributed by atoms with Gasteiger partial charge in [0.1, 0.15) is 11.6 Å². The average Bonchev–Trinajstić information content (AvgIpc) is 2.27. The smallest absolute Gasteiger partial charge is 0.123 e. The molecule has 96 valence electrons. The lowest BCUT2D eigenvalue weighted by Crippen LogP contribution is -2.21. The zero-order chi connectivity index (χ0) is 12.8. The molecule has 1 aromatic carbocycles. The molecule has 0 saturated carbocycles. The van der Waals surface area contributed by atoms with E-state index in [-0.39, 0.29) is 17.6 Å². The van der Waals surface area contributed by atoms with Crippen molar-refractivity contribution in [3.63, 3.8) is 0 Å². The van der Waals surface area contributed by atoms with E-state index in [1.165, 1.54) is 18.2 Å². The fourth-order valence-electron chi connectivity index (χ4n) is 1.58. The van der Waals surface area contributed by atoms with Crippen LogP contribution < -0.4 is 5.32 Å². The van der Waals surface area contributed by atoms with Crippen molar-refractivity contribution in [2.45, 2.75) is 19.4 Å². The van der Waals surface area contributed by atoms with Gasteiger partial charge in [-0.25, -0.2) is 4.39 Å². The first-order valence-electron chi connectivity index (χ1n) is 5.52. The average molecular weight is 259 g/mol. The lowest BCUT2D eigenvalue weighted by atomic mass is 10.1. The zero-order valence-electron chi connectivity index (χ0n) is 10.1. The van der Waals surface area contributed by atoms with Gasteiger partial charge >= 0.3 is 0 Å². The van der Waals surface area contributed by atoms with Crippen LogP contribution in [0.5, 0.6) is 5.75 Å². The minimum absolute atomic E-state index is 0.0884. The summed E-state index contributed by atoms with van der Waals surface area (Å²) in [6.07, 6.45) is 2.46. The van der Waals surface area contributed by atoms with Crippen LogP contribution in [0.15, 0.2) is 18.2 Å². The van der Waals surface area contributed by atoms with E-state index >= 15 is 0 Å². The second-order valence-corrected chi connectivity index (χ2v) is 5.56. The molecule has 0 aliphatic rings. The second kappa shape index (κ2) is 6.71. The molecule has 0 fully saturated rings. The Bertz CT molecular complexity index is 398. The molecule has 2 unspecified atom stereocenters. The number of hydrogen-bond acceptors (Lipinski definition) is 3. The normalized spacial score (nSPS) is 14.5. The third-order valence-corrected chi connectivity index (χ3v) is 3.38. The molecule has 0 heterocycles. The molecular weight excluding hydrogens is 241 g/mol. The molecule has 0 aliphatic carbocycles. The highest BCUT2D eigenvalue weighted by molar-refractivity contribution is 7.84. The van der Waals surface area contributed by atoms with Crippen molar-refractivity contribution in [1.82, 2.24) is 5.32 Å². The molecule has 0 aliphatic heterocycles. The van der Waals surface area contributed by atoms with Gasteiger partial charge in [-0.2, -0.15) is 0 Å². The molecule has 0 spiro atoms. The maximum Gasteiger partial charge on any atom is 0.123 e. The highest BCUT2D eigenvalue weighted by atomic mass is 32.2. The van der Waals surface area contributed by atoms with Crippen LogP contribution >= 0.6 is 0 Å². The van der Waals surface area contributed by atoms with Crippen LogP contribution in [0.3, 0.4) is 0 Å². The Morgan fingerprint density at radius 1 is 1.53 bits per heavy atom. The summed E-state index contributed by atoms with van der Waals surface area (Å²) in [4.78, 5) is 0. The minimum Gasteiger partial charge on any atom is -0.508 e. The maximum atomic E-state index is 13.0. The van der Waals surface area contributed by atoms with Gasteiger partial charge in [0.2, 0.25) is 0 Å². The van der Waals surface area contributed by atoms with Crippen molar-refractivity contribution in [2.24, 2.45) is 0 Å². The Kier molecular flexibility index (Phi) is 5.58. The van der Waals surface area contributed by atoms with Gasteiger partial charge in [-0.15, -0.1) is 0 Å². The number of benzene rings is 1. The Morgan fingerprint density at radius 2 is 2.24 bits per heavy atom. The van der Waals surface area contributed by atoms with Gasteiger partial charge in [-0.3, -0.25) is 4.21 Å². The molecule has 3 nitrogen and oxygen atoms in total. The van der Waals surface area contributed by atoms with Gasteiger partial charge in [0.05, 0.1) is 0 Å². The number of phenolic OH excluding ortho intramolecular Hbond substituents is 1. The fraction of sp³-hybridized carbons (Fsp3) is 0.500. The summed E-state index contributed by atoms with van der Waals surface area (Å²) in [5.74, 6) is 0.376. The summed E-state index contributed by atoms with van der Waals surface area (Å²) < 4.78 is 23.9. The van der Waals surface area contributed by atoms with Gasteiger partial charge in [-0.1, -0.05) is 0 Å². The summed E-state index contributed by atoms with van der Waals surface area (Å²) in [6, 6.07) is 3.77. The number of rotatable bonds is 6. The van der Waals surface area contributed by atoms with Gasteiger partial charge in [0.15, 0.2) is 0 Å². The first-order chi connectivity index (χ1) is 8.00. The van der Waals surface area contributed by atoms with Crippen molar-refractivity contribution < 1.29 is 13.7 Å². The number of aromatic hydroxyl groups is 1. The van der Waals surface area contributed by atoms with E-state index in [2.05, 4.69) is 5.32 Å². The summed E-state index contributed by atoms with van der Waals surface area (Å²) in [6.45, 7) is 2.55. The predicted octanol–water partition coefficient (Wildman–Crippen LogP) is 1.95. The van der Waals surface area contributed by atoms with E-state index < -0.39 is 10.8 Å². The Labute approximate surface area is 104 Å². The van der Waals surface area contributed by atoms with E-state index in [9.17, 15) is 13.7 Å². The molecule has 5 heteroatoms. The maximum absolute atomic E-state index is 13.0. The van der Waals surface area contributed by atoms with Crippen molar-refractivity contribution >= 4 is 10.8 Å². The van der Waals surface area contributed by atoms with E-state index in [4.69, 9.17) is 0 Å². The van der Waals surface area contributed by atoms with Crippen molar-refractivity contribution in [3.8, 4) is 5.75 Å². The van der Waals surface area contributed by atoms with E-state index in [1.807, 2.05) is 6.92 Å². The second-order valence-electron chi connectivity index (χ2n) is 4.01. The van der Waals surface area contributed by atoms with Crippen LogP contribution in [0.4, 0.5) is 4.39 Å². The first-order valence-corrected chi connectivity index (χ1v) is 7.25. The quantitative estimate of drug-likeness (QED) is 0.768. The number of halogens is 1. The number of hydrogen-bond donors (Lipinski definition) is 2. The van der Waals surface area contributed by atoms with Crippen LogP contribution in [-0.2, 0) is 10.8 Å². The Morgan fingerprint density at radius 3 is 2.88 bits per heavy atom. The highest BCUT2D eigenvalue weighted by Gasteiger charge is 2.10. The molecule has 1 rings (SSSR count). The predicted molar refractivity (Wildman–Crippen MR) is 68.0 cm³/mol. The molecule has 0 bridgehead atoms.